The summed E-state index contributed by atoms with van der Waals surface area (Å²) in [5, 5.41) is 9.12. The number of hydrogen-bond acceptors (Lipinski definition) is 4. The fourth-order valence-electron chi connectivity index (χ4n) is 2.35. The average molecular weight is 283 g/mol. The van der Waals surface area contributed by atoms with Crippen LogP contribution >= 0.6 is 0 Å². The summed E-state index contributed by atoms with van der Waals surface area (Å²) in [5.74, 6) is -0.762. The highest BCUT2D eigenvalue weighted by Gasteiger charge is 2.21. The lowest BCUT2D eigenvalue weighted by atomic mass is 9.94. The molecule has 0 bridgehead atoms. The zero-order chi connectivity index (χ0) is 14.0. The predicted octanol–water partition coefficient (Wildman–Crippen LogP) is 0.787. The smallest absolute Gasteiger partial charge is 0.335 e. The van der Waals surface area contributed by atoms with Crippen LogP contribution in [0.3, 0.4) is 0 Å². The lowest BCUT2D eigenvalue weighted by molar-refractivity contribution is 0.0694. The number of hydrogen-bond donors (Lipinski definition) is 1. The van der Waals surface area contributed by atoms with Crippen LogP contribution in [0, 0.1) is 0 Å². The van der Waals surface area contributed by atoms with Gasteiger partial charge >= 0.3 is 5.97 Å². The lowest BCUT2D eigenvalue weighted by Gasteiger charge is -2.29. The maximum Gasteiger partial charge on any atom is 0.335 e. The van der Waals surface area contributed by atoms with E-state index in [2.05, 4.69) is 4.90 Å². The summed E-state index contributed by atoms with van der Waals surface area (Å²) in [7, 11) is -2.96. The number of carbonyl (C=O) groups is 1. The van der Waals surface area contributed by atoms with Crippen LogP contribution in [0.1, 0.15) is 21.5 Å². The van der Waals surface area contributed by atoms with Crippen molar-refractivity contribution in [2.45, 2.75) is 13.0 Å². The molecule has 104 valence electrons. The van der Waals surface area contributed by atoms with Gasteiger partial charge in [0.05, 0.1) is 11.3 Å². The summed E-state index contributed by atoms with van der Waals surface area (Å²) in [6, 6.07) is 5.27. The molecule has 1 aromatic rings. The maximum absolute atomic E-state index is 11.2. The zero-order valence-electron chi connectivity index (χ0n) is 10.8. The first-order valence-corrected chi connectivity index (χ1v) is 8.17. The van der Waals surface area contributed by atoms with E-state index in [0.717, 1.165) is 11.1 Å². The Balaban J connectivity index is 2.13. The molecular formula is C13H17NO4S. The summed E-state index contributed by atoms with van der Waals surface area (Å²) in [6.45, 7) is 1.81. The fraction of sp³-hybridized carbons (Fsp3) is 0.462. The van der Waals surface area contributed by atoms with Crippen LogP contribution in [0.5, 0.6) is 0 Å². The van der Waals surface area contributed by atoms with Crippen molar-refractivity contribution < 1.29 is 18.3 Å². The van der Waals surface area contributed by atoms with Gasteiger partial charge in [-0.1, -0.05) is 12.1 Å². The van der Waals surface area contributed by atoms with Crippen molar-refractivity contribution in [3.8, 4) is 0 Å². The van der Waals surface area contributed by atoms with Crippen molar-refractivity contribution in [1.29, 1.82) is 0 Å². The lowest BCUT2D eigenvalue weighted by Crippen LogP contribution is -2.34. The molecule has 5 nitrogen and oxygen atoms in total. The maximum atomic E-state index is 11.2. The molecule has 19 heavy (non-hydrogen) atoms. The second-order valence-electron chi connectivity index (χ2n) is 4.90. The molecule has 2 rings (SSSR count). The van der Waals surface area contributed by atoms with Gasteiger partial charge in [0, 0.05) is 25.9 Å². The van der Waals surface area contributed by atoms with Crippen molar-refractivity contribution in [2.75, 3.05) is 25.1 Å². The molecule has 1 aromatic carbocycles. The van der Waals surface area contributed by atoms with Gasteiger partial charge in [0.1, 0.15) is 9.84 Å². The monoisotopic (exact) mass is 283 g/mol. The van der Waals surface area contributed by atoms with Crippen molar-refractivity contribution >= 4 is 15.8 Å². The zero-order valence-corrected chi connectivity index (χ0v) is 11.6. The van der Waals surface area contributed by atoms with Gasteiger partial charge in [-0.2, -0.15) is 0 Å². The molecule has 0 aromatic heterocycles. The number of rotatable bonds is 4. The van der Waals surface area contributed by atoms with Crippen molar-refractivity contribution in [3.63, 3.8) is 0 Å². The molecule has 0 amide bonds. The number of aromatic carboxylic acids is 1. The Labute approximate surface area is 112 Å². The van der Waals surface area contributed by atoms with Crippen molar-refractivity contribution in [3.05, 3.63) is 34.9 Å². The van der Waals surface area contributed by atoms with E-state index in [9.17, 15) is 13.2 Å². The fourth-order valence-corrected chi connectivity index (χ4v) is 2.94. The Morgan fingerprint density at radius 3 is 2.79 bits per heavy atom. The molecule has 0 aliphatic carbocycles. The van der Waals surface area contributed by atoms with E-state index in [4.69, 9.17) is 5.11 Å². The molecule has 0 saturated heterocycles. The molecular weight excluding hydrogens is 266 g/mol. The standard InChI is InChI=1S/C13H17NO4S/c1-19(17,18)8-7-14-6-5-11-10(9-14)3-2-4-12(11)13(15)16/h2-4H,5-9H2,1H3,(H,15,16). The SMILES string of the molecule is CS(=O)(=O)CCN1CCc2c(cccc2C(=O)O)C1. The number of carboxylic acids is 1. The van der Waals surface area contributed by atoms with Gasteiger partial charge < -0.3 is 5.11 Å². The van der Waals surface area contributed by atoms with Gasteiger partial charge in [0.15, 0.2) is 0 Å². The van der Waals surface area contributed by atoms with E-state index in [1.807, 2.05) is 6.07 Å². The first-order valence-electron chi connectivity index (χ1n) is 6.11. The van der Waals surface area contributed by atoms with Gasteiger partial charge in [-0.3, -0.25) is 4.90 Å². The second-order valence-corrected chi connectivity index (χ2v) is 7.16. The van der Waals surface area contributed by atoms with E-state index in [1.54, 1.807) is 12.1 Å². The highest BCUT2D eigenvalue weighted by Crippen LogP contribution is 2.22. The van der Waals surface area contributed by atoms with Crippen molar-refractivity contribution in [1.82, 2.24) is 4.90 Å². The van der Waals surface area contributed by atoms with Crippen LogP contribution in [0.25, 0.3) is 0 Å². The molecule has 0 unspecified atom stereocenters. The van der Waals surface area contributed by atoms with Crippen LogP contribution in [-0.4, -0.2) is 49.5 Å². The molecule has 1 N–H and O–H groups in total. The topological polar surface area (TPSA) is 74.7 Å². The van der Waals surface area contributed by atoms with Crippen LogP contribution < -0.4 is 0 Å². The summed E-state index contributed by atoms with van der Waals surface area (Å²) in [5.41, 5.74) is 2.23. The highest BCUT2D eigenvalue weighted by molar-refractivity contribution is 7.90. The second kappa shape index (κ2) is 5.30. The van der Waals surface area contributed by atoms with E-state index >= 15 is 0 Å². The number of nitrogens with zero attached hydrogens (tertiary/aromatic N) is 1. The Hall–Kier alpha value is -1.40. The van der Waals surface area contributed by atoms with E-state index in [1.165, 1.54) is 6.26 Å². The quantitative estimate of drug-likeness (QED) is 0.884. The predicted molar refractivity (Wildman–Crippen MR) is 72.1 cm³/mol. The van der Waals surface area contributed by atoms with Gasteiger partial charge in [-0.15, -0.1) is 0 Å². The number of benzene rings is 1. The normalized spacial score (nSPS) is 16.1. The van der Waals surface area contributed by atoms with Crippen LogP contribution in [0.15, 0.2) is 18.2 Å². The first kappa shape index (κ1) is 14.0. The van der Waals surface area contributed by atoms with E-state index in [0.29, 0.717) is 31.6 Å². The first-order chi connectivity index (χ1) is 8.87. The number of fused-ring (bicyclic) bond motifs is 1. The van der Waals surface area contributed by atoms with Crippen LogP contribution in [0.2, 0.25) is 0 Å². The Morgan fingerprint density at radius 2 is 2.16 bits per heavy atom. The number of sulfone groups is 1. The molecule has 6 heteroatoms. The van der Waals surface area contributed by atoms with Crippen LogP contribution in [0.4, 0.5) is 0 Å². The minimum Gasteiger partial charge on any atom is -0.478 e. The van der Waals surface area contributed by atoms with Gasteiger partial charge in [-0.25, -0.2) is 13.2 Å². The molecule has 1 aliphatic rings. The van der Waals surface area contributed by atoms with E-state index < -0.39 is 15.8 Å². The van der Waals surface area contributed by atoms with E-state index in [-0.39, 0.29) is 5.75 Å². The van der Waals surface area contributed by atoms with Gasteiger partial charge in [0.25, 0.3) is 0 Å². The Kier molecular flexibility index (Phi) is 3.91. The molecule has 0 spiro atoms. The van der Waals surface area contributed by atoms with Gasteiger partial charge in [-0.05, 0) is 23.6 Å². The Morgan fingerprint density at radius 1 is 1.42 bits per heavy atom. The summed E-state index contributed by atoms with van der Waals surface area (Å²) >= 11 is 0. The molecule has 1 aliphatic heterocycles. The average Bonchev–Trinajstić information content (AvgIpc) is 2.34. The van der Waals surface area contributed by atoms with Crippen molar-refractivity contribution in [2.24, 2.45) is 0 Å². The highest BCUT2D eigenvalue weighted by atomic mass is 32.2. The van der Waals surface area contributed by atoms with Crippen LogP contribution in [-0.2, 0) is 22.8 Å². The number of carboxylic acid groups (broad SMARTS) is 1. The minimum atomic E-state index is -2.96. The molecule has 0 fully saturated rings. The molecule has 0 saturated carbocycles. The largest absolute Gasteiger partial charge is 0.478 e. The molecule has 0 atom stereocenters. The Bertz CT molecular complexity index is 595. The third kappa shape index (κ3) is 3.54. The third-order valence-electron chi connectivity index (χ3n) is 3.35. The summed E-state index contributed by atoms with van der Waals surface area (Å²) < 4.78 is 22.3. The molecule has 0 radical (unpaired) electrons. The third-order valence-corrected chi connectivity index (χ3v) is 4.28. The van der Waals surface area contributed by atoms with Gasteiger partial charge in [0.2, 0.25) is 0 Å². The minimum absolute atomic E-state index is 0.140. The summed E-state index contributed by atoms with van der Waals surface area (Å²) in [4.78, 5) is 13.2. The summed E-state index contributed by atoms with van der Waals surface area (Å²) in [6.07, 6.45) is 1.88. The molecule has 1 heterocycles.